The molecule has 0 aromatic carbocycles. The summed E-state index contributed by atoms with van der Waals surface area (Å²) in [6.07, 6.45) is 1.43. The van der Waals surface area contributed by atoms with E-state index >= 15 is 0 Å². The predicted molar refractivity (Wildman–Crippen MR) is 49.6 cm³/mol. The van der Waals surface area contributed by atoms with E-state index in [0.717, 1.165) is 9.83 Å². The number of rotatable bonds is 1. The Kier molecular flexibility index (Phi) is 2.23. The third-order valence-corrected chi connectivity index (χ3v) is 6.03. The van der Waals surface area contributed by atoms with E-state index in [2.05, 4.69) is 35.3 Å². The molecule has 9 heavy (non-hydrogen) atoms. The summed E-state index contributed by atoms with van der Waals surface area (Å²) in [5.74, 6) is 4.26. The third-order valence-electron chi connectivity index (χ3n) is 1.52. The van der Waals surface area contributed by atoms with Crippen molar-refractivity contribution in [2.75, 3.05) is 17.3 Å². The van der Waals surface area contributed by atoms with E-state index < -0.39 is 0 Å². The summed E-state index contributed by atoms with van der Waals surface area (Å²) >= 11 is 6.48. The van der Waals surface area contributed by atoms with Gasteiger partial charge in [-0.25, -0.2) is 0 Å². The van der Waals surface area contributed by atoms with Crippen LogP contribution in [0.4, 0.5) is 0 Å². The second-order valence-electron chi connectivity index (χ2n) is 2.34. The Morgan fingerprint density at radius 2 is 1.67 bits per heavy atom. The molecular formula is C6H10S3. The molecule has 0 nitrogen and oxygen atoms in total. The topological polar surface area (TPSA) is 0 Å². The largest absolute Gasteiger partial charge is 0.154 e. The normalized spacial score (nSPS) is 36.7. The highest BCUT2D eigenvalue weighted by molar-refractivity contribution is 8.20. The minimum Gasteiger partial charge on any atom is -0.154 e. The maximum absolute atomic E-state index is 2.18. The average Bonchev–Trinajstić information content (AvgIpc) is 2.71. The summed E-state index contributed by atoms with van der Waals surface area (Å²) in [6, 6.07) is 0. The van der Waals surface area contributed by atoms with Crippen molar-refractivity contribution in [3.8, 4) is 0 Å². The predicted octanol–water partition coefficient (Wildman–Crippen LogP) is 2.30. The van der Waals surface area contributed by atoms with Gasteiger partial charge in [-0.15, -0.1) is 23.5 Å². The molecule has 52 valence electrons. The van der Waals surface area contributed by atoms with Crippen LogP contribution < -0.4 is 0 Å². The fraction of sp³-hybridized carbons (Fsp3) is 1.00. The van der Waals surface area contributed by atoms with Crippen molar-refractivity contribution >= 4 is 35.3 Å². The molecule has 1 atom stereocenters. The van der Waals surface area contributed by atoms with Gasteiger partial charge >= 0.3 is 0 Å². The van der Waals surface area contributed by atoms with Gasteiger partial charge in [0, 0.05) is 11.0 Å². The van der Waals surface area contributed by atoms with Crippen LogP contribution in [0.3, 0.4) is 0 Å². The highest BCUT2D eigenvalue weighted by Gasteiger charge is 2.33. The monoisotopic (exact) mass is 178 g/mol. The van der Waals surface area contributed by atoms with Crippen LogP contribution in [0, 0.1) is 0 Å². The van der Waals surface area contributed by atoms with Crippen LogP contribution in [-0.2, 0) is 0 Å². The van der Waals surface area contributed by atoms with E-state index in [1.807, 2.05) is 0 Å². The van der Waals surface area contributed by atoms with Gasteiger partial charge in [0.05, 0.1) is 4.58 Å². The molecular weight excluding hydrogens is 168 g/mol. The lowest BCUT2D eigenvalue weighted by Gasteiger charge is -2.18. The Morgan fingerprint density at radius 1 is 1.00 bits per heavy atom. The van der Waals surface area contributed by atoms with Gasteiger partial charge in [-0.05, 0) is 17.9 Å². The third kappa shape index (κ3) is 1.75. The van der Waals surface area contributed by atoms with Gasteiger partial charge in [0.1, 0.15) is 0 Å². The lowest BCUT2D eigenvalue weighted by atomic mass is 10.5. The van der Waals surface area contributed by atoms with Crippen molar-refractivity contribution < 1.29 is 0 Å². The van der Waals surface area contributed by atoms with E-state index in [9.17, 15) is 0 Å². The number of thioether (sulfide) groups is 3. The van der Waals surface area contributed by atoms with Gasteiger partial charge in [-0.1, -0.05) is 0 Å². The second kappa shape index (κ2) is 2.97. The van der Waals surface area contributed by atoms with Crippen molar-refractivity contribution in [2.24, 2.45) is 0 Å². The molecule has 2 fully saturated rings. The first-order chi connectivity index (χ1) is 4.47. The first-order valence-electron chi connectivity index (χ1n) is 3.31. The van der Waals surface area contributed by atoms with Crippen LogP contribution in [0.5, 0.6) is 0 Å². The summed E-state index contributed by atoms with van der Waals surface area (Å²) in [5.41, 5.74) is 0. The molecule has 2 aliphatic rings. The summed E-state index contributed by atoms with van der Waals surface area (Å²) in [7, 11) is 0. The van der Waals surface area contributed by atoms with E-state index in [1.54, 1.807) is 0 Å². The minimum absolute atomic E-state index is 0.962. The molecule has 0 aliphatic carbocycles. The molecule has 0 spiro atoms. The molecule has 0 aromatic rings. The fourth-order valence-corrected chi connectivity index (χ4v) is 5.43. The van der Waals surface area contributed by atoms with Gasteiger partial charge in [-0.3, -0.25) is 0 Å². The molecule has 2 rings (SSSR count). The lowest BCUT2D eigenvalue weighted by molar-refractivity contribution is 1.08. The lowest BCUT2D eigenvalue weighted by Crippen LogP contribution is -2.11. The molecule has 0 aromatic heterocycles. The van der Waals surface area contributed by atoms with Crippen LogP contribution in [0.15, 0.2) is 0 Å². The van der Waals surface area contributed by atoms with Crippen molar-refractivity contribution in [1.29, 1.82) is 0 Å². The first-order valence-corrected chi connectivity index (χ1v) is 6.46. The maximum Gasteiger partial charge on any atom is 0.0628 e. The van der Waals surface area contributed by atoms with Gasteiger partial charge in [0.2, 0.25) is 0 Å². The zero-order chi connectivity index (χ0) is 6.10. The maximum atomic E-state index is 2.18. The fourth-order valence-electron chi connectivity index (χ4n) is 0.933. The quantitative estimate of drug-likeness (QED) is 0.566. The van der Waals surface area contributed by atoms with Crippen molar-refractivity contribution in [1.82, 2.24) is 0 Å². The van der Waals surface area contributed by atoms with E-state index in [4.69, 9.17) is 0 Å². The number of hydrogen-bond donors (Lipinski definition) is 0. The van der Waals surface area contributed by atoms with E-state index in [-0.39, 0.29) is 0 Å². The van der Waals surface area contributed by atoms with Gasteiger partial charge in [-0.2, -0.15) is 11.8 Å². The molecule has 0 amide bonds. The SMILES string of the molecule is C1CSC(C2CS2)SC1. The smallest absolute Gasteiger partial charge is 0.0628 e. The van der Waals surface area contributed by atoms with Crippen LogP contribution >= 0.6 is 35.3 Å². The molecule has 2 saturated heterocycles. The van der Waals surface area contributed by atoms with Crippen LogP contribution in [-0.4, -0.2) is 27.1 Å². The highest BCUT2D eigenvalue weighted by Crippen LogP contribution is 2.46. The van der Waals surface area contributed by atoms with E-state index in [0.29, 0.717) is 0 Å². The van der Waals surface area contributed by atoms with Crippen molar-refractivity contribution in [2.45, 2.75) is 16.3 Å². The Labute approximate surface area is 68.9 Å². The molecule has 0 saturated carbocycles. The van der Waals surface area contributed by atoms with E-state index in [1.165, 1.54) is 23.7 Å². The van der Waals surface area contributed by atoms with Crippen molar-refractivity contribution in [3.63, 3.8) is 0 Å². The standard InChI is InChI=1S/C6H10S3/c1-2-7-6(8-3-1)5-4-9-5/h5-6H,1-4H2. The molecule has 2 aliphatic heterocycles. The molecule has 3 heteroatoms. The van der Waals surface area contributed by atoms with Gasteiger partial charge < -0.3 is 0 Å². The second-order valence-corrected chi connectivity index (χ2v) is 6.40. The highest BCUT2D eigenvalue weighted by atomic mass is 32.2. The Hall–Kier alpha value is 1.05. The molecule has 0 bridgehead atoms. The summed E-state index contributed by atoms with van der Waals surface area (Å²) in [5, 5.41) is 1.03. The number of hydrogen-bond acceptors (Lipinski definition) is 3. The average molecular weight is 178 g/mol. The first kappa shape index (κ1) is 6.74. The minimum atomic E-state index is 0.962. The molecule has 0 radical (unpaired) electrons. The zero-order valence-corrected chi connectivity index (χ0v) is 7.66. The molecule has 0 N–H and O–H groups in total. The van der Waals surface area contributed by atoms with Crippen LogP contribution in [0.1, 0.15) is 6.42 Å². The Balaban J connectivity index is 1.80. The molecule has 1 unspecified atom stereocenters. The van der Waals surface area contributed by atoms with Crippen LogP contribution in [0.2, 0.25) is 0 Å². The van der Waals surface area contributed by atoms with Crippen LogP contribution in [0.25, 0.3) is 0 Å². The van der Waals surface area contributed by atoms with Gasteiger partial charge in [0.15, 0.2) is 0 Å². The Morgan fingerprint density at radius 3 is 2.22 bits per heavy atom. The molecule has 2 heterocycles. The zero-order valence-electron chi connectivity index (χ0n) is 5.21. The Bertz CT molecular complexity index is 94.5. The summed E-state index contributed by atoms with van der Waals surface area (Å²) in [4.78, 5) is 0. The summed E-state index contributed by atoms with van der Waals surface area (Å²) < 4.78 is 0.962. The summed E-state index contributed by atoms with van der Waals surface area (Å²) in [6.45, 7) is 0. The van der Waals surface area contributed by atoms with Gasteiger partial charge in [0.25, 0.3) is 0 Å². The van der Waals surface area contributed by atoms with Crippen molar-refractivity contribution in [3.05, 3.63) is 0 Å².